The molecule has 2 bridgehead atoms. The first-order chi connectivity index (χ1) is 9.87. The fraction of sp³-hybridized carbons (Fsp3) is 0.700. The maximum absolute atomic E-state index is 4.06. The van der Waals surface area contributed by atoms with E-state index in [0.29, 0.717) is 22.9 Å². The molecule has 3 rings (SSSR count). The van der Waals surface area contributed by atoms with Crippen molar-refractivity contribution < 1.29 is 0 Å². The minimum Gasteiger partial charge on any atom is -0.306 e. The van der Waals surface area contributed by atoms with Gasteiger partial charge in [-0.05, 0) is 54.9 Å². The first-order valence-corrected chi connectivity index (χ1v) is 8.69. The Bertz CT molecular complexity index is 496. The van der Waals surface area contributed by atoms with Crippen LogP contribution < -0.4 is 5.32 Å². The van der Waals surface area contributed by atoms with Crippen LogP contribution in [-0.4, -0.2) is 6.04 Å². The molecule has 21 heavy (non-hydrogen) atoms. The number of hydrogen-bond donors (Lipinski definition) is 1. The third kappa shape index (κ3) is 2.44. The first-order valence-electron chi connectivity index (χ1n) is 8.69. The summed E-state index contributed by atoms with van der Waals surface area (Å²) in [5.74, 6) is 0.913. The Morgan fingerprint density at radius 3 is 2.38 bits per heavy atom. The highest BCUT2D eigenvalue weighted by Crippen LogP contribution is 2.62. The Balaban J connectivity index is 1.82. The van der Waals surface area contributed by atoms with Crippen molar-refractivity contribution in [3.8, 4) is 0 Å². The van der Waals surface area contributed by atoms with Gasteiger partial charge in [-0.25, -0.2) is 0 Å². The van der Waals surface area contributed by atoms with Crippen LogP contribution in [0.1, 0.15) is 70.5 Å². The maximum atomic E-state index is 4.06. The van der Waals surface area contributed by atoms with E-state index in [1.807, 2.05) is 0 Å². The zero-order valence-electron chi connectivity index (χ0n) is 14.4. The monoisotopic (exact) mass is 285 g/mol. The highest BCUT2D eigenvalue weighted by molar-refractivity contribution is 5.25. The number of rotatable bonds is 4. The van der Waals surface area contributed by atoms with Gasteiger partial charge in [0.1, 0.15) is 0 Å². The summed E-state index contributed by atoms with van der Waals surface area (Å²) in [7, 11) is 0. The second-order valence-corrected chi connectivity index (χ2v) is 8.39. The van der Waals surface area contributed by atoms with E-state index < -0.39 is 0 Å². The fourth-order valence-corrected chi connectivity index (χ4v) is 5.17. The van der Waals surface area contributed by atoms with Crippen LogP contribution in [0.4, 0.5) is 0 Å². The second kappa shape index (κ2) is 5.12. The normalized spacial score (nSPS) is 35.1. The summed E-state index contributed by atoms with van der Waals surface area (Å²) in [6.07, 6.45) is 5.42. The van der Waals surface area contributed by atoms with Crippen molar-refractivity contribution in [2.24, 2.45) is 16.7 Å². The Labute approximate surface area is 130 Å². The Morgan fingerprint density at radius 2 is 1.86 bits per heavy atom. The topological polar surface area (TPSA) is 12.0 Å². The highest BCUT2D eigenvalue weighted by Gasteiger charge is 2.59. The molecule has 0 spiro atoms. The van der Waals surface area contributed by atoms with E-state index in [4.69, 9.17) is 0 Å². The van der Waals surface area contributed by atoms with Gasteiger partial charge in [0.25, 0.3) is 0 Å². The van der Waals surface area contributed by atoms with Crippen molar-refractivity contribution in [1.82, 2.24) is 5.32 Å². The van der Waals surface area contributed by atoms with Crippen molar-refractivity contribution in [3.05, 3.63) is 35.4 Å². The molecular formula is C20H31N. The number of fused-ring (bicyclic) bond motifs is 2. The molecule has 0 heterocycles. The number of benzene rings is 1. The van der Waals surface area contributed by atoms with Crippen LogP contribution in [0, 0.1) is 23.7 Å². The predicted octanol–water partition coefficient (Wildman–Crippen LogP) is 5.25. The minimum atomic E-state index is 0.436. The lowest BCUT2D eigenvalue weighted by Crippen LogP contribution is -2.51. The van der Waals surface area contributed by atoms with Gasteiger partial charge in [-0.1, -0.05) is 57.5 Å². The van der Waals surface area contributed by atoms with Crippen LogP contribution >= 0.6 is 0 Å². The van der Waals surface area contributed by atoms with E-state index in [2.05, 4.69) is 64.2 Å². The molecule has 0 saturated heterocycles. The van der Waals surface area contributed by atoms with Crippen LogP contribution in [0.3, 0.4) is 0 Å². The summed E-state index contributed by atoms with van der Waals surface area (Å²) in [5, 5.41) is 4.06. The van der Waals surface area contributed by atoms with E-state index in [0.717, 1.165) is 12.3 Å². The Hall–Kier alpha value is -0.820. The molecule has 0 aliphatic heterocycles. The molecule has 0 amide bonds. The van der Waals surface area contributed by atoms with Crippen LogP contribution in [-0.2, 0) is 0 Å². The Morgan fingerprint density at radius 1 is 1.19 bits per heavy atom. The maximum Gasteiger partial charge on any atom is 0.0320 e. The van der Waals surface area contributed by atoms with Crippen molar-refractivity contribution in [1.29, 1.82) is 0 Å². The Kier molecular flexibility index (Phi) is 3.68. The largest absolute Gasteiger partial charge is 0.306 e. The van der Waals surface area contributed by atoms with Crippen molar-refractivity contribution in [2.45, 2.75) is 72.4 Å². The molecule has 0 radical (unpaired) electrons. The van der Waals surface area contributed by atoms with E-state index in [-0.39, 0.29) is 0 Å². The predicted molar refractivity (Wildman–Crippen MR) is 90.4 cm³/mol. The number of nitrogens with one attached hydrogen (secondary N) is 1. The molecule has 2 fully saturated rings. The molecule has 1 N–H and O–H groups in total. The number of hydrogen-bond acceptors (Lipinski definition) is 1. The molecule has 1 aromatic rings. The molecular weight excluding hydrogens is 254 g/mol. The summed E-state index contributed by atoms with van der Waals surface area (Å²) in [6.45, 7) is 12.0. The first kappa shape index (κ1) is 15.1. The quantitative estimate of drug-likeness (QED) is 0.796. The van der Waals surface area contributed by atoms with Crippen molar-refractivity contribution in [2.75, 3.05) is 0 Å². The molecule has 0 aromatic heterocycles. The van der Waals surface area contributed by atoms with Crippen LogP contribution in [0.5, 0.6) is 0 Å². The summed E-state index contributed by atoms with van der Waals surface area (Å²) in [4.78, 5) is 0. The zero-order chi connectivity index (χ0) is 15.3. The second-order valence-electron chi connectivity index (χ2n) is 8.39. The van der Waals surface area contributed by atoms with Gasteiger partial charge in [0.05, 0.1) is 0 Å². The van der Waals surface area contributed by atoms with Gasteiger partial charge in [-0.15, -0.1) is 0 Å². The molecule has 1 aromatic carbocycles. The van der Waals surface area contributed by atoms with Crippen LogP contribution in [0.25, 0.3) is 0 Å². The standard InChI is InChI=1S/C20H31N/c1-6-17(15-9-7-14(2)8-10-15)21-18-19(3,4)16-11-12-20(18,5)13-16/h7-10,16-18,21H,6,11-13H2,1-5H3/t16-,17?,18?,20+/m0/s1. The van der Waals surface area contributed by atoms with Gasteiger partial charge in [0.2, 0.25) is 0 Å². The van der Waals surface area contributed by atoms with E-state index >= 15 is 0 Å². The molecule has 4 atom stereocenters. The van der Waals surface area contributed by atoms with Gasteiger partial charge in [-0.3, -0.25) is 0 Å². The van der Waals surface area contributed by atoms with Gasteiger partial charge in [0, 0.05) is 12.1 Å². The third-order valence-corrected chi connectivity index (χ3v) is 6.53. The molecule has 2 unspecified atom stereocenters. The molecule has 116 valence electrons. The summed E-state index contributed by atoms with van der Waals surface area (Å²) in [5.41, 5.74) is 3.74. The van der Waals surface area contributed by atoms with Crippen molar-refractivity contribution >= 4 is 0 Å². The van der Waals surface area contributed by atoms with E-state index in [1.165, 1.54) is 30.4 Å². The van der Waals surface area contributed by atoms with Crippen LogP contribution in [0.15, 0.2) is 24.3 Å². The minimum absolute atomic E-state index is 0.436. The average molecular weight is 285 g/mol. The summed E-state index contributed by atoms with van der Waals surface area (Å²) in [6, 6.07) is 10.2. The van der Waals surface area contributed by atoms with Gasteiger partial charge in [0.15, 0.2) is 0 Å². The lowest BCUT2D eigenvalue weighted by molar-refractivity contribution is 0.0976. The highest BCUT2D eigenvalue weighted by atomic mass is 15.0. The molecule has 1 nitrogen and oxygen atoms in total. The third-order valence-electron chi connectivity index (χ3n) is 6.53. The average Bonchev–Trinajstić information content (AvgIpc) is 2.91. The fourth-order valence-electron chi connectivity index (χ4n) is 5.17. The zero-order valence-corrected chi connectivity index (χ0v) is 14.4. The molecule has 1 heteroatoms. The van der Waals surface area contributed by atoms with Crippen LogP contribution in [0.2, 0.25) is 0 Å². The van der Waals surface area contributed by atoms with E-state index in [9.17, 15) is 0 Å². The number of aryl methyl sites for hydroxylation is 1. The smallest absolute Gasteiger partial charge is 0.0320 e. The van der Waals surface area contributed by atoms with Gasteiger partial charge < -0.3 is 5.32 Å². The summed E-state index contributed by atoms with van der Waals surface area (Å²) >= 11 is 0. The lowest BCUT2D eigenvalue weighted by Gasteiger charge is -2.45. The SMILES string of the molecule is CCC(NC1C(C)(C)[C@H]2CC[C@]1(C)C2)c1ccc(C)cc1. The molecule has 2 aliphatic carbocycles. The molecule has 2 saturated carbocycles. The van der Waals surface area contributed by atoms with Gasteiger partial charge in [-0.2, -0.15) is 0 Å². The van der Waals surface area contributed by atoms with Gasteiger partial charge >= 0.3 is 0 Å². The van der Waals surface area contributed by atoms with E-state index in [1.54, 1.807) is 0 Å². The molecule has 2 aliphatic rings. The summed E-state index contributed by atoms with van der Waals surface area (Å²) < 4.78 is 0. The van der Waals surface area contributed by atoms with Crippen molar-refractivity contribution in [3.63, 3.8) is 0 Å². The lowest BCUT2D eigenvalue weighted by atomic mass is 9.68.